The van der Waals surface area contributed by atoms with Crippen molar-refractivity contribution in [1.82, 2.24) is 19.7 Å². The molecule has 182 valence electrons. The number of benzene rings is 2. The standard InChI is InChI=1S/C23H24ClF3N4O3/c1-22(2,16-5-4-6-17(13-16)23(25,26)27)28-19(32)14-31-21(33)30(11-12-34-3)20(29-31)15-7-9-18(24)10-8-15/h4-10,13H,11-12,14H2,1-3H3,(H,28,32). The number of ether oxygens (including phenoxy) is 1. The van der Waals surface area contributed by atoms with E-state index in [1.54, 1.807) is 38.1 Å². The Labute approximate surface area is 199 Å². The number of hydrogen-bond donors (Lipinski definition) is 1. The predicted molar refractivity (Wildman–Crippen MR) is 121 cm³/mol. The molecular weight excluding hydrogens is 473 g/mol. The first-order chi connectivity index (χ1) is 15.9. The van der Waals surface area contributed by atoms with E-state index in [1.165, 1.54) is 23.8 Å². The van der Waals surface area contributed by atoms with Crippen LogP contribution < -0.4 is 11.0 Å². The molecule has 0 saturated heterocycles. The second-order valence-corrected chi connectivity index (χ2v) is 8.60. The lowest BCUT2D eigenvalue weighted by atomic mass is 9.92. The first kappa shape index (κ1) is 25.5. The molecule has 3 aromatic rings. The van der Waals surface area contributed by atoms with Crippen LogP contribution in [0.3, 0.4) is 0 Å². The van der Waals surface area contributed by atoms with Gasteiger partial charge in [0.1, 0.15) is 6.54 Å². The molecule has 3 rings (SSSR count). The molecule has 7 nitrogen and oxygen atoms in total. The molecule has 0 fully saturated rings. The first-order valence-corrected chi connectivity index (χ1v) is 10.7. The Morgan fingerprint density at radius 2 is 1.76 bits per heavy atom. The van der Waals surface area contributed by atoms with E-state index < -0.39 is 35.4 Å². The maximum atomic E-state index is 13.1. The van der Waals surface area contributed by atoms with Gasteiger partial charge in [0.25, 0.3) is 0 Å². The highest BCUT2D eigenvalue weighted by Crippen LogP contribution is 2.32. The summed E-state index contributed by atoms with van der Waals surface area (Å²) < 4.78 is 46.7. The van der Waals surface area contributed by atoms with Crippen molar-refractivity contribution in [2.75, 3.05) is 13.7 Å². The zero-order chi connectivity index (χ0) is 25.1. The van der Waals surface area contributed by atoms with Crippen LogP contribution in [0.15, 0.2) is 53.3 Å². The molecule has 34 heavy (non-hydrogen) atoms. The van der Waals surface area contributed by atoms with Crippen LogP contribution in [0.25, 0.3) is 11.4 Å². The number of hydrogen-bond acceptors (Lipinski definition) is 4. The molecule has 1 aromatic heterocycles. The molecule has 1 N–H and O–H groups in total. The summed E-state index contributed by atoms with van der Waals surface area (Å²) in [5.41, 5.74) is -1.56. The normalized spacial score (nSPS) is 12.1. The number of aromatic nitrogens is 3. The van der Waals surface area contributed by atoms with Crippen LogP contribution >= 0.6 is 11.6 Å². The van der Waals surface area contributed by atoms with Crippen molar-refractivity contribution in [2.24, 2.45) is 0 Å². The Morgan fingerprint density at radius 3 is 2.38 bits per heavy atom. The van der Waals surface area contributed by atoms with Crippen LogP contribution in [-0.4, -0.2) is 34.0 Å². The van der Waals surface area contributed by atoms with E-state index in [1.807, 2.05) is 0 Å². The Kier molecular flexibility index (Phi) is 7.52. The highest BCUT2D eigenvalue weighted by Gasteiger charge is 2.32. The summed E-state index contributed by atoms with van der Waals surface area (Å²) in [4.78, 5) is 25.7. The number of halogens is 4. The summed E-state index contributed by atoms with van der Waals surface area (Å²) in [6, 6.07) is 11.5. The Hall–Kier alpha value is -3.11. The minimum Gasteiger partial charge on any atom is -0.383 e. The van der Waals surface area contributed by atoms with Crippen molar-refractivity contribution in [3.63, 3.8) is 0 Å². The summed E-state index contributed by atoms with van der Waals surface area (Å²) >= 11 is 5.95. The molecule has 0 unspecified atom stereocenters. The number of rotatable bonds is 8. The van der Waals surface area contributed by atoms with Crippen molar-refractivity contribution < 1.29 is 22.7 Å². The summed E-state index contributed by atoms with van der Waals surface area (Å²) in [5.74, 6) is -0.243. The predicted octanol–water partition coefficient (Wildman–Crippen LogP) is 4.08. The molecular formula is C23H24ClF3N4O3. The molecule has 0 atom stereocenters. The zero-order valence-electron chi connectivity index (χ0n) is 18.8. The smallest absolute Gasteiger partial charge is 0.383 e. The maximum absolute atomic E-state index is 13.1. The highest BCUT2D eigenvalue weighted by atomic mass is 35.5. The summed E-state index contributed by atoms with van der Waals surface area (Å²) in [7, 11) is 1.50. The molecule has 0 aliphatic rings. The van der Waals surface area contributed by atoms with E-state index >= 15 is 0 Å². The highest BCUT2D eigenvalue weighted by molar-refractivity contribution is 6.30. The SMILES string of the molecule is COCCn1c(-c2ccc(Cl)cc2)nn(CC(=O)NC(C)(C)c2cccc(C(F)(F)F)c2)c1=O. The zero-order valence-corrected chi connectivity index (χ0v) is 19.6. The fourth-order valence-electron chi connectivity index (χ4n) is 3.42. The fourth-order valence-corrected chi connectivity index (χ4v) is 3.55. The number of alkyl halides is 3. The molecule has 2 aromatic carbocycles. The number of methoxy groups -OCH3 is 1. The van der Waals surface area contributed by atoms with Crippen molar-refractivity contribution in [2.45, 2.75) is 38.7 Å². The van der Waals surface area contributed by atoms with Crippen LogP contribution in [0, 0.1) is 0 Å². The summed E-state index contributed by atoms with van der Waals surface area (Å²) in [6.07, 6.45) is -4.50. The molecule has 0 bridgehead atoms. The molecule has 0 spiro atoms. The minimum absolute atomic E-state index is 0.213. The van der Waals surface area contributed by atoms with E-state index in [0.717, 1.165) is 16.8 Å². The van der Waals surface area contributed by atoms with Gasteiger partial charge in [-0.1, -0.05) is 23.7 Å². The maximum Gasteiger partial charge on any atom is 0.416 e. The van der Waals surface area contributed by atoms with Crippen molar-refractivity contribution in [3.8, 4) is 11.4 Å². The van der Waals surface area contributed by atoms with Gasteiger partial charge in [-0.05, 0) is 55.8 Å². The molecule has 1 heterocycles. The fraction of sp³-hybridized carbons (Fsp3) is 0.348. The van der Waals surface area contributed by atoms with Gasteiger partial charge in [0.2, 0.25) is 5.91 Å². The number of carbonyl (C=O) groups is 1. The van der Waals surface area contributed by atoms with Crippen molar-refractivity contribution in [1.29, 1.82) is 0 Å². The lowest BCUT2D eigenvalue weighted by molar-refractivity contribution is -0.137. The van der Waals surface area contributed by atoms with Gasteiger partial charge in [-0.2, -0.15) is 13.2 Å². The van der Waals surface area contributed by atoms with Gasteiger partial charge in [0, 0.05) is 17.7 Å². The Bertz CT molecular complexity index is 1220. The van der Waals surface area contributed by atoms with Crippen LogP contribution in [-0.2, 0) is 34.3 Å². The van der Waals surface area contributed by atoms with Crippen LogP contribution in [0.1, 0.15) is 25.0 Å². The summed E-state index contributed by atoms with van der Waals surface area (Å²) in [6.45, 7) is 3.21. The molecule has 0 radical (unpaired) electrons. The van der Waals surface area contributed by atoms with E-state index in [0.29, 0.717) is 16.4 Å². The van der Waals surface area contributed by atoms with Gasteiger partial charge in [0.05, 0.1) is 24.3 Å². The van der Waals surface area contributed by atoms with E-state index in [9.17, 15) is 22.8 Å². The lowest BCUT2D eigenvalue weighted by Gasteiger charge is -2.27. The average Bonchev–Trinajstić information content (AvgIpc) is 3.07. The van der Waals surface area contributed by atoms with Crippen LogP contribution in [0.4, 0.5) is 13.2 Å². The van der Waals surface area contributed by atoms with Gasteiger partial charge >= 0.3 is 11.9 Å². The van der Waals surface area contributed by atoms with E-state index in [-0.39, 0.29) is 18.7 Å². The number of carbonyl (C=O) groups excluding carboxylic acids is 1. The van der Waals surface area contributed by atoms with Gasteiger partial charge in [-0.3, -0.25) is 9.36 Å². The second-order valence-electron chi connectivity index (χ2n) is 8.17. The number of amides is 1. The topological polar surface area (TPSA) is 78.2 Å². The quantitative estimate of drug-likeness (QED) is 0.509. The molecule has 0 saturated carbocycles. The van der Waals surface area contributed by atoms with E-state index in [2.05, 4.69) is 10.4 Å². The molecule has 0 aliphatic carbocycles. The van der Waals surface area contributed by atoms with Gasteiger partial charge in [0.15, 0.2) is 5.82 Å². The molecule has 1 amide bonds. The number of nitrogens with one attached hydrogen (secondary N) is 1. The Morgan fingerprint density at radius 1 is 1.12 bits per heavy atom. The summed E-state index contributed by atoms with van der Waals surface area (Å²) in [5, 5.41) is 7.52. The van der Waals surface area contributed by atoms with Crippen molar-refractivity contribution >= 4 is 17.5 Å². The second kappa shape index (κ2) is 10.0. The van der Waals surface area contributed by atoms with Gasteiger partial charge in [-0.15, -0.1) is 5.10 Å². The van der Waals surface area contributed by atoms with Crippen LogP contribution in [0.5, 0.6) is 0 Å². The van der Waals surface area contributed by atoms with Crippen molar-refractivity contribution in [3.05, 3.63) is 75.2 Å². The third-order valence-electron chi connectivity index (χ3n) is 5.20. The third kappa shape index (κ3) is 5.87. The average molecular weight is 497 g/mol. The van der Waals surface area contributed by atoms with Crippen LogP contribution in [0.2, 0.25) is 5.02 Å². The number of nitrogens with zero attached hydrogens (tertiary/aromatic N) is 3. The van der Waals surface area contributed by atoms with Gasteiger partial charge in [-0.25, -0.2) is 9.48 Å². The third-order valence-corrected chi connectivity index (χ3v) is 5.45. The lowest BCUT2D eigenvalue weighted by Crippen LogP contribution is -2.44. The van der Waals surface area contributed by atoms with Gasteiger partial charge < -0.3 is 10.1 Å². The Balaban J connectivity index is 1.85. The minimum atomic E-state index is -4.50. The van der Waals surface area contributed by atoms with E-state index in [4.69, 9.17) is 16.3 Å². The monoisotopic (exact) mass is 496 g/mol. The largest absolute Gasteiger partial charge is 0.416 e. The first-order valence-electron chi connectivity index (χ1n) is 10.3. The molecule has 0 aliphatic heterocycles. The molecule has 11 heteroatoms.